The van der Waals surface area contributed by atoms with E-state index in [2.05, 4.69) is 6.92 Å². The maximum absolute atomic E-state index is 10.7. The molecular formula is C13H16O3. The Morgan fingerprint density at radius 2 is 2.12 bits per heavy atom. The smallest absolute Gasteiger partial charge is 0.315 e. The number of carbonyl (C=O) groups excluding carboxylic acids is 2. The lowest BCUT2D eigenvalue weighted by molar-refractivity contribution is -0.131. The van der Waals surface area contributed by atoms with E-state index in [1.54, 1.807) is 6.07 Å². The van der Waals surface area contributed by atoms with Gasteiger partial charge in [-0.25, -0.2) is 0 Å². The minimum absolute atomic E-state index is 0.152. The number of ether oxygens (including phenoxy) is 1. The lowest BCUT2D eigenvalue weighted by Crippen LogP contribution is -1.99. The molecule has 0 aliphatic carbocycles. The van der Waals surface area contributed by atoms with Gasteiger partial charge in [-0.15, -0.1) is 0 Å². The summed E-state index contributed by atoms with van der Waals surface area (Å²) in [5.74, 6) is 0.564. The molecule has 0 aromatic heterocycles. The third-order valence-electron chi connectivity index (χ3n) is 2.21. The summed E-state index contributed by atoms with van der Waals surface area (Å²) >= 11 is 0. The molecule has 1 aliphatic rings. The van der Waals surface area contributed by atoms with Crippen molar-refractivity contribution in [1.29, 1.82) is 0 Å². The summed E-state index contributed by atoms with van der Waals surface area (Å²) in [6.45, 7) is 2.07. The standard InChI is InChI=1S/C8H6O2.C5H10O/c9-8-5-6-3-1-2-4-7(6)10-8;1-2-3-4-5-6/h1-4H,5H2;5H,2-4H2,1H3. The Hall–Kier alpha value is -1.64. The van der Waals surface area contributed by atoms with Crippen LogP contribution in [0.1, 0.15) is 31.7 Å². The van der Waals surface area contributed by atoms with Gasteiger partial charge in [-0.3, -0.25) is 4.79 Å². The van der Waals surface area contributed by atoms with Gasteiger partial charge in [-0.05, 0) is 12.5 Å². The SMILES string of the molecule is CCCCC=O.O=C1Cc2ccccc2O1. The summed E-state index contributed by atoms with van der Waals surface area (Å²) in [5, 5.41) is 0. The minimum atomic E-state index is -0.152. The first-order valence-corrected chi connectivity index (χ1v) is 5.50. The second-order valence-corrected chi connectivity index (χ2v) is 3.57. The summed E-state index contributed by atoms with van der Waals surface area (Å²) in [7, 11) is 0. The summed E-state index contributed by atoms with van der Waals surface area (Å²) < 4.78 is 4.87. The van der Waals surface area contributed by atoms with Crippen LogP contribution in [0, 0.1) is 0 Å². The van der Waals surface area contributed by atoms with Gasteiger partial charge in [0, 0.05) is 12.0 Å². The third-order valence-corrected chi connectivity index (χ3v) is 2.21. The fraction of sp³-hybridized carbons (Fsp3) is 0.385. The molecule has 0 atom stereocenters. The normalized spacial score (nSPS) is 12.2. The Morgan fingerprint density at radius 3 is 2.69 bits per heavy atom. The van der Waals surface area contributed by atoms with Gasteiger partial charge < -0.3 is 9.53 Å². The topological polar surface area (TPSA) is 43.4 Å². The van der Waals surface area contributed by atoms with Gasteiger partial charge in [0.05, 0.1) is 6.42 Å². The molecule has 0 radical (unpaired) electrons. The van der Waals surface area contributed by atoms with Crippen molar-refractivity contribution in [3.8, 4) is 5.75 Å². The number of fused-ring (bicyclic) bond motifs is 1. The number of benzene rings is 1. The van der Waals surface area contributed by atoms with Crippen molar-refractivity contribution in [3.63, 3.8) is 0 Å². The maximum Gasteiger partial charge on any atom is 0.315 e. The molecule has 2 rings (SSSR count). The molecule has 3 heteroatoms. The van der Waals surface area contributed by atoms with Gasteiger partial charge >= 0.3 is 5.97 Å². The lowest BCUT2D eigenvalue weighted by atomic mass is 10.2. The fourth-order valence-electron chi connectivity index (χ4n) is 1.35. The van der Waals surface area contributed by atoms with Crippen LogP contribution < -0.4 is 4.74 Å². The number of esters is 1. The summed E-state index contributed by atoms with van der Waals surface area (Å²) in [6, 6.07) is 7.47. The largest absolute Gasteiger partial charge is 0.426 e. The average Bonchev–Trinajstić information content (AvgIpc) is 2.67. The predicted octanol–water partition coefficient (Wildman–Crippen LogP) is 2.52. The van der Waals surface area contributed by atoms with Crippen LogP contribution in [0.2, 0.25) is 0 Å². The number of hydrogen-bond donors (Lipinski definition) is 0. The Labute approximate surface area is 95.4 Å². The number of rotatable bonds is 3. The first-order valence-electron chi connectivity index (χ1n) is 5.50. The number of hydrogen-bond acceptors (Lipinski definition) is 3. The van der Waals surface area contributed by atoms with E-state index in [4.69, 9.17) is 4.74 Å². The zero-order valence-electron chi connectivity index (χ0n) is 9.44. The molecule has 0 N–H and O–H groups in total. The van der Waals surface area contributed by atoms with E-state index in [0.717, 1.165) is 31.1 Å². The molecule has 1 heterocycles. The van der Waals surface area contributed by atoms with E-state index in [1.165, 1.54) is 0 Å². The molecule has 0 unspecified atom stereocenters. The lowest BCUT2D eigenvalue weighted by Gasteiger charge is -1.91. The molecule has 0 bridgehead atoms. The van der Waals surface area contributed by atoms with Gasteiger partial charge in [-0.2, -0.15) is 0 Å². The average molecular weight is 220 g/mol. The highest BCUT2D eigenvalue weighted by Crippen LogP contribution is 2.24. The highest BCUT2D eigenvalue weighted by Gasteiger charge is 2.18. The molecule has 1 aliphatic heterocycles. The van der Waals surface area contributed by atoms with Crippen molar-refractivity contribution >= 4 is 12.3 Å². The van der Waals surface area contributed by atoms with Gasteiger partial charge in [0.2, 0.25) is 0 Å². The van der Waals surface area contributed by atoms with Crippen LogP contribution in [0.15, 0.2) is 24.3 Å². The second-order valence-electron chi connectivity index (χ2n) is 3.57. The van der Waals surface area contributed by atoms with Crippen molar-refractivity contribution in [3.05, 3.63) is 29.8 Å². The summed E-state index contributed by atoms with van der Waals surface area (Å²) in [6.07, 6.45) is 4.29. The zero-order chi connectivity index (χ0) is 11.8. The molecule has 1 aromatic carbocycles. The number of carbonyl (C=O) groups is 2. The van der Waals surface area contributed by atoms with Crippen molar-refractivity contribution in [2.75, 3.05) is 0 Å². The van der Waals surface area contributed by atoms with Crippen LogP contribution in [0.25, 0.3) is 0 Å². The van der Waals surface area contributed by atoms with Crippen molar-refractivity contribution in [2.45, 2.75) is 32.6 Å². The molecular weight excluding hydrogens is 204 g/mol. The Balaban J connectivity index is 0.000000187. The maximum atomic E-state index is 10.7. The monoisotopic (exact) mass is 220 g/mol. The van der Waals surface area contributed by atoms with Crippen LogP contribution in [-0.2, 0) is 16.0 Å². The van der Waals surface area contributed by atoms with Crippen molar-refractivity contribution in [1.82, 2.24) is 0 Å². The van der Waals surface area contributed by atoms with E-state index in [0.29, 0.717) is 12.2 Å². The highest BCUT2D eigenvalue weighted by atomic mass is 16.5. The van der Waals surface area contributed by atoms with E-state index < -0.39 is 0 Å². The second kappa shape index (κ2) is 6.77. The Bertz CT molecular complexity index is 331. The minimum Gasteiger partial charge on any atom is -0.426 e. The molecule has 0 amide bonds. The molecule has 16 heavy (non-hydrogen) atoms. The molecule has 0 saturated heterocycles. The number of unbranched alkanes of at least 4 members (excludes halogenated alkanes) is 2. The van der Waals surface area contributed by atoms with Crippen LogP contribution in [-0.4, -0.2) is 12.3 Å². The van der Waals surface area contributed by atoms with E-state index in [-0.39, 0.29) is 5.97 Å². The first kappa shape index (κ1) is 12.4. The van der Waals surface area contributed by atoms with Gasteiger partial charge in [0.1, 0.15) is 12.0 Å². The number of para-hydroxylation sites is 1. The molecule has 86 valence electrons. The fourth-order valence-corrected chi connectivity index (χ4v) is 1.35. The summed E-state index contributed by atoms with van der Waals surface area (Å²) in [5.41, 5.74) is 0.993. The van der Waals surface area contributed by atoms with Crippen LogP contribution in [0.3, 0.4) is 0 Å². The first-order chi connectivity index (χ1) is 7.77. The third kappa shape index (κ3) is 3.85. The van der Waals surface area contributed by atoms with Crippen LogP contribution in [0.4, 0.5) is 0 Å². The molecule has 0 spiro atoms. The van der Waals surface area contributed by atoms with E-state index in [1.807, 2.05) is 18.2 Å². The highest BCUT2D eigenvalue weighted by molar-refractivity contribution is 5.80. The molecule has 0 fully saturated rings. The van der Waals surface area contributed by atoms with Gasteiger partial charge in [-0.1, -0.05) is 31.5 Å². The Morgan fingerprint density at radius 1 is 1.38 bits per heavy atom. The summed E-state index contributed by atoms with van der Waals surface area (Å²) in [4.78, 5) is 20.2. The predicted molar refractivity (Wildman–Crippen MR) is 61.4 cm³/mol. The van der Waals surface area contributed by atoms with Gasteiger partial charge in [0.25, 0.3) is 0 Å². The van der Waals surface area contributed by atoms with E-state index >= 15 is 0 Å². The van der Waals surface area contributed by atoms with E-state index in [9.17, 15) is 9.59 Å². The van der Waals surface area contributed by atoms with Crippen LogP contribution >= 0.6 is 0 Å². The van der Waals surface area contributed by atoms with Crippen LogP contribution in [0.5, 0.6) is 5.75 Å². The zero-order valence-corrected chi connectivity index (χ0v) is 9.44. The molecule has 1 aromatic rings. The van der Waals surface area contributed by atoms with Gasteiger partial charge in [0.15, 0.2) is 0 Å². The van der Waals surface area contributed by atoms with Crippen molar-refractivity contribution in [2.24, 2.45) is 0 Å². The Kier molecular flexibility index (Phi) is 5.26. The quantitative estimate of drug-likeness (QED) is 0.340. The number of aldehydes is 1. The molecule has 3 nitrogen and oxygen atoms in total. The van der Waals surface area contributed by atoms with Crippen molar-refractivity contribution < 1.29 is 14.3 Å². The molecule has 0 saturated carbocycles.